The third kappa shape index (κ3) is 3.46. The normalized spacial score (nSPS) is 26.5. The van der Waals surface area contributed by atoms with E-state index in [9.17, 15) is 13.2 Å². The van der Waals surface area contributed by atoms with Crippen LogP contribution < -0.4 is 4.90 Å². The molecule has 1 atom stereocenters. The Kier molecular flexibility index (Phi) is 4.91. The molecule has 24 heavy (non-hydrogen) atoms. The lowest BCUT2D eigenvalue weighted by atomic mass is 10.0. The van der Waals surface area contributed by atoms with E-state index in [1.165, 1.54) is 4.31 Å². The number of hydrogen-bond donors (Lipinski definition) is 0. The zero-order valence-corrected chi connectivity index (χ0v) is 14.5. The Balaban J connectivity index is 1.87. The highest BCUT2D eigenvalue weighted by molar-refractivity contribution is 7.89. The second-order valence-electron chi connectivity index (χ2n) is 6.07. The topological polar surface area (TPSA) is 76.2 Å². The molecule has 0 saturated carbocycles. The molecule has 1 aromatic rings. The fourth-order valence-electron chi connectivity index (χ4n) is 3.03. The molecule has 1 unspecified atom stereocenters. The van der Waals surface area contributed by atoms with E-state index in [2.05, 4.69) is 0 Å². The standard InChI is InChI=1S/C16H22N2O5S/c1-2-24(20,21)17-8-9-22-13-16(11-17)12-18(15(19)10-23-16)14-6-4-3-5-7-14/h3-7H,2,8-13H2,1H3. The van der Waals surface area contributed by atoms with Crippen LogP contribution in [-0.2, 0) is 24.3 Å². The number of amides is 1. The van der Waals surface area contributed by atoms with Crippen LogP contribution in [0.4, 0.5) is 5.69 Å². The fourth-order valence-corrected chi connectivity index (χ4v) is 4.18. The molecule has 7 nitrogen and oxygen atoms in total. The third-order valence-electron chi connectivity index (χ3n) is 4.39. The maximum Gasteiger partial charge on any atom is 0.253 e. The Bertz CT molecular complexity index is 694. The van der Waals surface area contributed by atoms with Gasteiger partial charge in [-0.05, 0) is 19.1 Å². The number of rotatable bonds is 3. The van der Waals surface area contributed by atoms with Gasteiger partial charge in [-0.15, -0.1) is 0 Å². The highest BCUT2D eigenvalue weighted by Gasteiger charge is 2.45. The van der Waals surface area contributed by atoms with Gasteiger partial charge in [-0.1, -0.05) is 18.2 Å². The highest BCUT2D eigenvalue weighted by Crippen LogP contribution is 2.28. The zero-order chi connectivity index (χ0) is 17.2. The summed E-state index contributed by atoms with van der Waals surface area (Å²) in [5.74, 6) is -0.106. The van der Waals surface area contributed by atoms with Crippen molar-refractivity contribution >= 4 is 21.6 Å². The van der Waals surface area contributed by atoms with Crippen LogP contribution in [0, 0.1) is 0 Å². The van der Waals surface area contributed by atoms with E-state index in [1.54, 1.807) is 11.8 Å². The number of para-hydroxylation sites is 1. The van der Waals surface area contributed by atoms with Crippen LogP contribution in [-0.4, -0.2) is 69.4 Å². The summed E-state index contributed by atoms with van der Waals surface area (Å²) in [6.45, 7) is 2.89. The number of ether oxygens (including phenoxy) is 2. The Morgan fingerprint density at radius 2 is 1.96 bits per heavy atom. The number of sulfonamides is 1. The Morgan fingerprint density at radius 3 is 2.67 bits per heavy atom. The van der Waals surface area contributed by atoms with Gasteiger partial charge in [0, 0.05) is 18.8 Å². The average Bonchev–Trinajstić information content (AvgIpc) is 2.81. The number of morpholine rings is 1. The van der Waals surface area contributed by atoms with Crippen LogP contribution in [0.25, 0.3) is 0 Å². The van der Waals surface area contributed by atoms with Gasteiger partial charge in [0.15, 0.2) is 0 Å². The predicted molar refractivity (Wildman–Crippen MR) is 89.3 cm³/mol. The lowest BCUT2D eigenvalue weighted by Crippen LogP contribution is -2.61. The Morgan fingerprint density at radius 1 is 1.21 bits per heavy atom. The molecule has 0 aromatic heterocycles. The highest BCUT2D eigenvalue weighted by atomic mass is 32.2. The molecule has 132 valence electrons. The molecule has 0 radical (unpaired) electrons. The van der Waals surface area contributed by atoms with Crippen molar-refractivity contribution < 1.29 is 22.7 Å². The molecule has 0 N–H and O–H groups in total. The fraction of sp³-hybridized carbons (Fsp3) is 0.562. The van der Waals surface area contributed by atoms with Crippen LogP contribution in [0.3, 0.4) is 0 Å². The Hall–Kier alpha value is -1.48. The van der Waals surface area contributed by atoms with Crippen LogP contribution in [0.2, 0.25) is 0 Å². The lowest BCUT2D eigenvalue weighted by molar-refractivity contribution is -0.145. The van der Waals surface area contributed by atoms with E-state index < -0.39 is 15.6 Å². The molecule has 2 aliphatic rings. The molecular formula is C16H22N2O5S. The minimum absolute atomic E-state index is 0.0322. The van der Waals surface area contributed by atoms with E-state index in [-0.39, 0.29) is 38.0 Å². The maximum absolute atomic E-state index is 12.3. The minimum atomic E-state index is -3.35. The lowest BCUT2D eigenvalue weighted by Gasteiger charge is -2.42. The van der Waals surface area contributed by atoms with Gasteiger partial charge in [-0.2, -0.15) is 4.31 Å². The summed E-state index contributed by atoms with van der Waals surface area (Å²) in [4.78, 5) is 13.9. The first-order valence-corrected chi connectivity index (χ1v) is 9.62. The Labute approximate surface area is 142 Å². The molecule has 3 rings (SSSR count). The molecule has 1 aromatic carbocycles. The van der Waals surface area contributed by atoms with Crippen molar-refractivity contribution in [2.75, 3.05) is 50.1 Å². The number of carbonyl (C=O) groups is 1. The van der Waals surface area contributed by atoms with Gasteiger partial charge in [-0.25, -0.2) is 8.42 Å². The van der Waals surface area contributed by atoms with Gasteiger partial charge in [-0.3, -0.25) is 4.79 Å². The van der Waals surface area contributed by atoms with E-state index in [0.29, 0.717) is 13.2 Å². The van der Waals surface area contributed by atoms with Gasteiger partial charge < -0.3 is 14.4 Å². The van der Waals surface area contributed by atoms with Gasteiger partial charge >= 0.3 is 0 Å². The summed E-state index contributed by atoms with van der Waals surface area (Å²) in [5, 5.41) is 0. The van der Waals surface area contributed by atoms with Gasteiger partial charge in [0.2, 0.25) is 10.0 Å². The number of hydrogen-bond acceptors (Lipinski definition) is 5. The van der Waals surface area contributed by atoms with Crippen LogP contribution in [0.15, 0.2) is 30.3 Å². The number of carbonyl (C=O) groups excluding carboxylic acids is 1. The summed E-state index contributed by atoms with van der Waals surface area (Å²) in [6, 6.07) is 9.32. The van der Waals surface area contributed by atoms with Crippen molar-refractivity contribution in [1.29, 1.82) is 0 Å². The predicted octanol–water partition coefficient (Wildman–Crippen LogP) is 0.470. The zero-order valence-electron chi connectivity index (χ0n) is 13.7. The quantitative estimate of drug-likeness (QED) is 0.789. The van der Waals surface area contributed by atoms with Crippen molar-refractivity contribution in [3.63, 3.8) is 0 Å². The first kappa shape index (κ1) is 17.3. The van der Waals surface area contributed by atoms with Crippen LogP contribution >= 0.6 is 0 Å². The summed E-state index contributed by atoms with van der Waals surface area (Å²) in [6.07, 6.45) is 0. The van der Waals surface area contributed by atoms with Crippen LogP contribution in [0.1, 0.15) is 6.92 Å². The monoisotopic (exact) mass is 354 g/mol. The molecule has 1 spiro atoms. The first-order valence-electron chi connectivity index (χ1n) is 8.01. The van der Waals surface area contributed by atoms with Gasteiger partial charge in [0.25, 0.3) is 5.91 Å². The molecule has 2 saturated heterocycles. The number of benzene rings is 1. The second kappa shape index (κ2) is 6.79. The van der Waals surface area contributed by atoms with Crippen LogP contribution in [0.5, 0.6) is 0 Å². The second-order valence-corrected chi connectivity index (χ2v) is 8.33. The van der Waals surface area contributed by atoms with Crippen molar-refractivity contribution in [3.8, 4) is 0 Å². The van der Waals surface area contributed by atoms with Crippen molar-refractivity contribution in [2.45, 2.75) is 12.5 Å². The summed E-state index contributed by atoms with van der Waals surface area (Å²) < 4.78 is 37.4. The van der Waals surface area contributed by atoms with E-state index >= 15 is 0 Å². The molecule has 1 amide bonds. The van der Waals surface area contributed by atoms with Crippen molar-refractivity contribution in [1.82, 2.24) is 4.31 Å². The number of nitrogens with zero attached hydrogens (tertiary/aromatic N) is 2. The van der Waals surface area contributed by atoms with Gasteiger partial charge in [0.05, 0.1) is 25.5 Å². The summed E-state index contributed by atoms with van der Waals surface area (Å²) in [5.41, 5.74) is -0.0676. The minimum Gasteiger partial charge on any atom is -0.377 e. The van der Waals surface area contributed by atoms with E-state index in [0.717, 1.165) is 5.69 Å². The maximum atomic E-state index is 12.3. The average molecular weight is 354 g/mol. The van der Waals surface area contributed by atoms with E-state index in [1.807, 2.05) is 30.3 Å². The molecular weight excluding hydrogens is 332 g/mol. The van der Waals surface area contributed by atoms with Gasteiger partial charge in [0.1, 0.15) is 12.2 Å². The molecule has 0 bridgehead atoms. The first-order chi connectivity index (χ1) is 11.5. The number of anilines is 1. The third-order valence-corrected chi connectivity index (χ3v) is 6.22. The molecule has 2 aliphatic heterocycles. The molecule has 8 heteroatoms. The summed E-state index contributed by atoms with van der Waals surface area (Å²) in [7, 11) is -3.35. The van der Waals surface area contributed by atoms with Crippen molar-refractivity contribution in [2.24, 2.45) is 0 Å². The van der Waals surface area contributed by atoms with E-state index in [4.69, 9.17) is 9.47 Å². The largest absolute Gasteiger partial charge is 0.377 e. The molecule has 2 heterocycles. The smallest absolute Gasteiger partial charge is 0.253 e. The van der Waals surface area contributed by atoms with Crippen molar-refractivity contribution in [3.05, 3.63) is 30.3 Å². The molecule has 2 fully saturated rings. The molecule has 0 aliphatic carbocycles. The SMILES string of the molecule is CCS(=O)(=O)N1CCOCC2(CN(c3ccccc3)C(=O)CO2)C1. The summed E-state index contributed by atoms with van der Waals surface area (Å²) >= 11 is 0.